The maximum Gasteiger partial charge on any atom is 0.305 e. The lowest BCUT2D eigenvalue weighted by Gasteiger charge is -2.32. The lowest BCUT2D eigenvalue weighted by molar-refractivity contribution is -0.387. The second-order valence-corrected chi connectivity index (χ2v) is 6.07. The summed E-state index contributed by atoms with van der Waals surface area (Å²) in [6, 6.07) is 1.48. The Hall–Kier alpha value is -1.70. The molecular weight excluding hydrogens is 302 g/mol. The molecule has 0 aliphatic carbocycles. The molecule has 2 rings (SSSR count). The molecule has 1 unspecified atom stereocenters. The predicted octanol–water partition coefficient (Wildman–Crippen LogP) is 2.84. The van der Waals surface area contributed by atoms with Gasteiger partial charge in [-0.25, -0.2) is 4.39 Å². The molecule has 21 heavy (non-hydrogen) atoms. The minimum atomic E-state index is -1.41. The number of nitro groups is 1. The van der Waals surface area contributed by atoms with Crippen molar-refractivity contribution in [3.8, 4) is 0 Å². The molecule has 1 atom stereocenters. The quantitative estimate of drug-likeness (QED) is 0.635. The van der Waals surface area contributed by atoms with Crippen molar-refractivity contribution in [3.05, 3.63) is 39.4 Å². The molecule has 1 amide bonds. The van der Waals surface area contributed by atoms with E-state index in [0.29, 0.717) is 18.8 Å². The Kier molecular flexibility index (Phi) is 4.76. The smallest absolute Gasteiger partial charge is 0.305 e. The summed E-state index contributed by atoms with van der Waals surface area (Å²) in [5, 5.41) is 10.9. The van der Waals surface area contributed by atoms with E-state index in [1.165, 1.54) is 4.90 Å². The summed E-state index contributed by atoms with van der Waals surface area (Å²) in [6.45, 7) is 2.74. The van der Waals surface area contributed by atoms with Gasteiger partial charge in [-0.05, 0) is 12.5 Å². The predicted molar refractivity (Wildman–Crippen MR) is 75.5 cm³/mol. The van der Waals surface area contributed by atoms with Crippen LogP contribution in [0.15, 0.2) is 12.1 Å². The number of benzene rings is 1. The minimum Gasteiger partial charge on any atom is -0.337 e. The van der Waals surface area contributed by atoms with E-state index < -0.39 is 33.7 Å². The summed E-state index contributed by atoms with van der Waals surface area (Å²) in [6.07, 6.45) is 0.842. The first-order valence-corrected chi connectivity index (χ1v) is 7.53. The zero-order valence-electron chi connectivity index (χ0n) is 11.3. The summed E-state index contributed by atoms with van der Waals surface area (Å²) in [7, 11) is 0. The van der Waals surface area contributed by atoms with Gasteiger partial charge in [-0.15, -0.1) is 0 Å². The Labute approximate surface area is 124 Å². The van der Waals surface area contributed by atoms with Gasteiger partial charge in [0.15, 0.2) is 0 Å². The molecule has 1 saturated heterocycles. The van der Waals surface area contributed by atoms with E-state index in [2.05, 4.69) is 0 Å². The summed E-state index contributed by atoms with van der Waals surface area (Å²) in [4.78, 5) is 23.4. The first-order valence-electron chi connectivity index (χ1n) is 6.49. The van der Waals surface area contributed by atoms with Crippen LogP contribution in [0.1, 0.15) is 23.7 Å². The van der Waals surface area contributed by atoms with Gasteiger partial charge in [-0.2, -0.15) is 16.2 Å². The summed E-state index contributed by atoms with van der Waals surface area (Å²) < 4.78 is 27.8. The van der Waals surface area contributed by atoms with Gasteiger partial charge in [0.2, 0.25) is 5.82 Å². The second kappa shape index (κ2) is 6.38. The van der Waals surface area contributed by atoms with Crippen molar-refractivity contribution in [3.63, 3.8) is 0 Å². The Bertz CT molecular complexity index is 583. The molecule has 1 aliphatic rings. The number of hydrogen-bond acceptors (Lipinski definition) is 4. The number of nitro benzene ring substituents is 1. The monoisotopic (exact) mass is 316 g/mol. The van der Waals surface area contributed by atoms with Crippen molar-refractivity contribution in [2.75, 3.05) is 18.8 Å². The summed E-state index contributed by atoms with van der Waals surface area (Å²) in [5.74, 6) is -2.62. The number of carbonyl (C=O) groups is 1. The highest BCUT2D eigenvalue weighted by atomic mass is 32.2. The molecule has 1 aromatic carbocycles. The molecule has 114 valence electrons. The van der Waals surface area contributed by atoms with E-state index >= 15 is 0 Å². The molecule has 0 bridgehead atoms. The fourth-order valence-corrected chi connectivity index (χ4v) is 3.37. The van der Waals surface area contributed by atoms with E-state index in [0.717, 1.165) is 18.6 Å². The van der Waals surface area contributed by atoms with Crippen LogP contribution in [0.2, 0.25) is 0 Å². The van der Waals surface area contributed by atoms with Crippen LogP contribution in [-0.4, -0.2) is 39.8 Å². The standard InChI is InChI=1S/C13H14F2N2O3S/c1-2-8-7-16(5-6-21-8)13(18)11-9(14)3-4-10(12(11)15)17(19)20/h3-4,8H,2,5-7H2,1H3. The molecule has 1 fully saturated rings. The molecule has 8 heteroatoms. The second-order valence-electron chi connectivity index (χ2n) is 4.66. The van der Waals surface area contributed by atoms with Crippen molar-refractivity contribution in [1.82, 2.24) is 4.90 Å². The van der Waals surface area contributed by atoms with Crippen LogP contribution < -0.4 is 0 Å². The molecule has 1 aromatic rings. The van der Waals surface area contributed by atoms with Gasteiger partial charge in [-0.1, -0.05) is 6.92 Å². The van der Waals surface area contributed by atoms with Gasteiger partial charge in [0, 0.05) is 30.2 Å². The van der Waals surface area contributed by atoms with Crippen molar-refractivity contribution in [2.45, 2.75) is 18.6 Å². The third kappa shape index (κ3) is 3.15. The average Bonchev–Trinajstić information content (AvgIpc) is 2.46. The molecular formula is C13H14F2N2O3S. The van der Waals surface area contributed by atoms with Gasteiger partial charge < -0.3 is 4.90 Å². The van der Waals surface area contributed by atoms with E-state index in [-0.39, 0.29) is 5.25 Å². The van der Waals surface area contributed by atoms with E-state index in [1.807, 2.05) is 6.92 Å². The number of halogens is 2. The Balaban J connectivity index is 2.34. The third-order valence-electron chi connectivity index (χ3n) is 3.36. The molecule has 0 spiro atoms. The number of rotatable bonds is 3. The minimum absolute atomic E-state index is 0.215. The molecule has 0 N–H and O–H groups in total. The van der Waals surface area contributed by atoms with E-state index in [1.54, 1.807) is 11.8 Å². The highest BCUT2D eigenvalue weighted by molar-refractivity contribution is 8.00. The molecule has 0 saturated carbocycles. The highest BCUT2D eigenvalue weighted by Gasteiger charge is 2.31. The maximum atomic E-state index is 14.0. The maximum absolute atomic E-state index is 14.0. The van der Waals surface area contributed by atoms with Gasteiger partial charge in [0.25, 0.3) is 5.91 Å². The molecule has 0 aromatic heterocycles. The van der Waals surface area contributed by atoms with Crippen LogP contribution in [0, 0.1) is 21.7 Å². The van der Waals surface area contributed by atoms with Crippen LogP contribution in [-0.2, 0) is 0 Å². The van der Waals surface area contributed by atoms with Crippen molar-refractivity contribution in [2.24, 2.45) is 0 Å². The molecule has 5 nitrogen and oxygen atoms in total. The topological polar surface area (TPSA) is 63.5 Å². The van der Waals surface area contributed by atoms with Gasteiger partial charge >= 0.3 is 5.69 Å². The zero-order valence-corrected chi connectivity index (χ0v) is 12.2. The average molecular weight is 316 g/mol. The van der Waals surface area contributed by atoms with Crippen molar-refractivity contribution < 1.29 is 18.5 Å². The Morgan fingerprint density at radius 1 is 1.52 bits per heavy atom. The van der Waals surface area contributed by atoms with E-state index in [4.69, 9.17) is 0 Å². The lowest BCUT2D eigenvalue weighted by Crippen LogP contribution is -2.42. The van der Waals surface area contributed by atoms with Crippen molar-refractivity contribution >= 4 is 23.4 Å². The lowest BCUT2D eigenvalue weighted by atomic mass is 10.1. The summed E-state index contributed by atoms with van der Waals surface area (Å²) >= 11 is 1.71. The van der Waals surface area contributed by atoms with Gasteiger partial charge in [0.1, 0.15) is 11.4 Å². The largest absolute Gasteiger partial charge is 0.337 e. The first-order chi connectivity index (χ1) is 9.95. The normalized spacial score (nSPS) is 18.6. The first kappa shape index (κ1) is 15.7. The van der Waals surface area contributed by atoms with Crippen LogP contribution in [0.25, 0.3) is 0 Å². The number of hydrogen-bond donors (Lipinski definition) is 0. The Morgan fingerprint density at radius 3 is 2.86 bits per heavy atom. The Morgan fingerprint density at radius 2 is 2.24 bits per heavy atom. The van der Waals surface area contributed by atoms with Crippen molar-refractivity contribution in [1.29, 1.82) is 0 Å². The van der Waals surface area contributed by atoms with E-state index in [9.17, 15) is 23.7 Å². The molecule has 1 heterocycles. The van der Waals surface area contributed by atoms with Gasteiger partial charge in [0.05, 0.1) is 4.92 Å². The van der Waals surface area contributed by atoms with Crippen LogP contribution >= 0.6 is 11.8 Å². The molecule has 1 aliphatic heterocycles. The number of carbonyl (C=O) groups excluding carboxylic acids is 1. The summed E-state index contributed by atoms with van der Waals surface area (Å²) in [5.41, 5.74) is -1.73. The van der Waals surface area contributed by atoms with Crippen LogP contribution in [0.3, 0.4) is 0 Å². The highest BCUT2D eigenvalue weighted by Crippen LogP contribution is 2.27. The fourth-order valence-electron chi connectivity index (χ4n) is 2.19. The van der Waals surface area contributed by atoms with Crippen LogP contribution in [0.5, 0.6) is 0 Å². The SMILES string of the molecule is CCC1CN(C(=O)c2c(F)ccc([N+](=O)[O-])c2F)CCS1. The number of nitrogens with zero attached hydrogens (tertiary/aromatic N) is 2. The fraction of sp³-hybridized carbons (Fsp3) is 0.462. The van der Waals surface area contributed by atoms with Gasteiger partial charge in [-0.3, -0.25) is 14.9 Å². The molecule has 0 radical (unpaired) electrons. The number of amides is 1. The van der Waals surface area contributed by atoms with Crippen LogP contribution in [0.4, 0.5) is 14.5 Å². The zero-order chi connectivity index (χ0) is 15.6. The number of thioether (sulfide) groups is 1. The third-order valence-corrected chi connectivity index (χ3v) is 4.73.